The molecule has 0 unspecified atom stereocenters. The number of nitro groups is 2. The summed E-state index contributed by atoms with van der Waals surface area (Å²) in [6.07, 6.45) is 3.83. The Morgan fingerprint density at radius 3 is 2.37 bits per heavy atom. The Kier molecular flexibility index (Phi) is 8.11. The number of aromatic nitrogens is 2. The van der Waals surface area contributed by atoms with E-state index in [0.717, 1.165) is 58.2 Å². The number of aryl methyl sites for hydroxylation is 1. The van der Waals surface area contributed by atoms with Crippen molar-refractivity contribution < 1.29 is 19.0 Å². The summed E-state index contributed by atoms with van der Waals surface area (Å²) in [7, 11) is 0. The largest absolute Gasteiger partial charge is 0.416 e. The first-order chi connectivity index (χ1) is 14.5. The number of hydrogen-bond acceptors (Lipinski definition) is 10. The average Bonchev–Trinajstić information content (AvgIpc) is 3.20. The van der Waals surface area contributed by atoms with E-state index in [1.807, 2.05) is 0 Å². The third-order valence-electron chi connectivity index (χ3n) is 4.66. The zero-order valence-electron chi connectivity index (χ0n) is 16.4. The number of morpholine rings is 1. The zero-order valence-corrected chi connectivity index (χ0v) is 17.2. The highest BCUT2D eigenvalue weighted by molar-refractivity contribution is 7.98. The van der Waals surface area contributed by atoms with Crippen LogP contribution in [0.15, 0.2) is 27.8 Å². The number of hydrogen-bond donors (Lipinski definition) is 0. The van der Waals surface area contributed by atoms with Crippen LogP contribution in [-0.4, -0.2) is 57.8 Å². The minimum atomic E-state index is -0.648. The van der Waals surface area contributed by atoms with E-state index in [1.165, 1.54) is 23.9 Å². The summed E-state index contributed by atoms with van der Waals surface area (Å²) in [5, 5.41) is 30.3. The highest BCUT2D eigenvalue weighted by Crippen LogP contribution is 2.28. The highest BCUT2D eigenvalue weighted by Gasteiger charge is 2.17. The lowest BCUT2D eigenvalue weighted by Gasteiger charge is -2.26. The predicted molar refractivity (Wildman–Crippen MR) is 108 cm³/mol. The highest BCUT2D eigenvalue weighted by atomic mass is 32.2. The van der Waals surface area contributed by atoms with Gasteiger partial charge in [0.25, 0.3) is 16.6 Å². The summed E-state index contributed by atoms with van der Waals surface area (Å²) in [6, 6.07) is 3.56. The molecule has 162 valence electrons. The number of benzene rings is 1. The number of nitro benzene ring substituents is 2. The van der Waals surface area contributed by atoms with E-state index >= 15 is 0 Å². The summed E-state index contributed by atoms with van der Waals surface area (Å²) in [4.78, 5) is 23.0. The van der Waals surface area contributed by atoms with Crippen molar-refractivity contribution in [3.8, 4) is 0 Å². The van der Waals surface area contributed by atoms with E-state index < -0.39 is 9.85 Å². The van der Waals surface area contributed by atoms with Gasteiger partial charge in [-0.1, -0.05) is 18.2 Å². The van der Waals surface area contributed by atoms with Crippen LogP contribution in [0.2, 0.25) is 0 Å². The molecule has 11 nitrogen and oxygen atoms in total. The molecule has 12 heteroatoms. The van der Waals surface area contributed by atoms with Crippen LogP contribution in [0.3, 0.4) is 0 Å². The van der Waals surface area contributed by atoms with E-state index in [-0.39, 0.29) is 17.1 Å². The molecule has 1 aromatic carbocycles. The minimum absolute atomic E-state index is 0.254. The molecule has 0 amide bonds. The van der Waals surface area contributed by atoms with Gasteiger partial charge < -0.3 is 9.15 Å². The second-order valence-corrected chi connectivity index (χ2v) is 7.81. The normalized spacial score (nSPS) is 14.7. The molecular weight excluding hydrogens is 414 g/mol. The first-order valence-corrected chi connectivity index (χ1v) is 10.7. The molecule has 3 rings (SSSR count). The summed E-state index contributed by atoms with van der Waals surface area (Å²) < 4.78 is 10.9. The van der Waals surface area contributed by atoms with Gasteiger partial charge in [0.2, 0.25) is 5.89 Å². The molecule has 30 heavy (non-hydrogen) atoms. The lowest BCUT2D eigenvalue weighted by Crippen LogP contribution is -2.36. The van der Waals surface area contributed by atoms with Crippen molar-refractivity contribution in [3.63, 3.8) is 0 Å². The number of thioether (sulfide) groups is 1. The SMILES string of the molecule is O=[N+]([O-])c1cc(CSc2nnc(CCCCCN3CCOCC3)o2)cc([N+](=O)[O-])c1. The van der Waals surface area contributed by atoms with Gasteiger partial charge in [-0.25, -0.2) is 0 Å². The molecule has 1 saturated heterocycles. The smallest absolute Gasteiger partial charge is 0.276 e. The van der Waals surface area contributed by atoms with Gasteiger partial charge in [0.15, 0.2) is 0 Å². The van der Waals surface area contributed by atoms with Crippen LogP contribution in [0.4, 0.5) is 11.4 Å². The molecule has 1 aliphatic heterocycles. The van der Waals surface area contributed by atoms with Crippen LogP contribution >= 0.6 is 11.8 Å². The van der Waals surface area contributed by atoms with Gasteiger partial charge in [0.05, 0.1) is 29.1 Å². The quantitative estimate of drug-likeness (QED) is 0.223. The summed E-state index contributed by atoms with van der Waals surface area (Å²) in [6.45, 7) is 4.69. The van der Waals surface area contributed by atoms with Crippen molar-refractivity contribution in [3.05, 3.63) is 49.9 Å². The van der Waals surface area contributed by atoms with E-state index in [9.17, 15) is 20.2 Å². The Morgan fingerprint density at radius 2 is 1.70 bits per heavy atom. The maximum Gasteiger partial charge on any atom is 0.276 e. The van der Waals surface area contributed by atoms with Crippen molar-refractivity contribution in [2.75, 3.05) is 32.8 Å². The maximum absolute atomic E-state index is 11.0. The number of unbranched alkanes of at least 4 members (excludes halogenated alkanes) is 2. The third kappa shape index (κ3) is 6.75. The van der Waals surface area contributed by atoms with Crippen LogP contribution in [0.25, 0.3) is 0 Å². The molecule has 2 heterocycles. The van der Waals surface area contributed by atoms with Gasteiger partial charge in [-0.15, -0.1) is 10.2 Å². The zero-order chi connectivity index (χ0) is 21.3. The summed E-state index contributed by atoms with van der Waals surface area (Å²) in [5.41, 5.74) is -0.185. The topological polar surface area (TPSA) is 138 Å². The van der Waals surface area contributed by atoms with E-state index in [0.29, 0.717) is 23.1 Å². The number of nitrogens with zero attached hydrogens (tertiary/aromatic N) is 5. The Labute approximate surface area is 177 Å². The number of rotatable bonds is 11. The molecule has 2 aromatic rings. The van der Waals surface area contributed by atoms with Crippen LogP contribution < -0.4 is 0 Å². The van der Waals surface area contributed by atoms with Crippen LogP contribution in [-0.2, 0) is 16.9 Å². The third-order valence-corrected chi connectivity index (χ3v) is 5.55. The monoisotopic (exact) mass is 437 g/mol. The van der Waals surface area contributed by atoms with Crippen molar-refractivity contribution in [2.24, 2.45) is 0 Å². The molecule has 0 spiro atoms. The standard InChI is InChI=1S/C18H23N5O6S/c24-22(25)15-10-14(11-16(12-15)23(26)27)13-30-18-20-19-17(29-18)4-2-1-3-5-21-6-8-28-9-7-21/h10-12H,1-9,13H2. The van der Waals surface area contributed by atoms with Crippen molar-refractivity contribution in [2.45, 2.75) is 36.7 Å². The van der Waals surface area contributed by atoms with Gasteiger partial charge in [-0.2, -0.15) is 0 Å². The molecule has 0 atom stereocenters. The van der Waals surface area contributed by atoms with E-state index in [4.69, 9.17) is 9.15 Å². The van der Waals surface area contributed by atoms with Crippen LogP contribution in [0, 0.1) is 20.2 Å². The Hall–Kier alpha value is -2.57. The predicted octanol–water partition coefficient (Wildman–Crippen LogP) is 3.22. The second kappa shape index (κ2) is 11.0. The summed E-state index contributed by atoms with van der Waals surface area (Å²) >= 11 is 1.19. The van der Waals surface area contributed by atoms with Gasteiger partial charge in [0, 0.05) is 37.4 Å². The van der Waals surface area contributed by atoms with Gasteiger partial charge in [-0.05, 0) is 24.9 Å². The fourth-order valence-electron chi connectivity index (χ4n) is 3.11. The number of non-ortho nitro benzene ring substituents is 2. The molecule has 0 saturated carbocycles. The van der Waals surface area contributed by atoms with Crippen molar-refractivity contribution in [1.29, 1.82) is 0 Å². The first kappa shape index (κ1) is 22.1. The lowest BCUT2D eigenvalue weighted by molar-refractivity contribution is -0.394. The fraction of sp³-hybridized carbons (Fsp3) is 0.556. The molecule has 0 radical (unpaired) electrons. The molecule has 0 N–H and O–H groups in total. The lowest BCUT2D eigenvalue weighted by atomic mass is 10.2. The van der Waals surface area contributed by atoms with Gasteiger partial charge in [-0.3, -0.25) is 25.1 Å². The molecular formula is C18H23N5O6S. The summed E-state index contributed by atoms with van der Waals surface area (Å²) in [5.74, 6) is 0.804. The maximum atomic E-state index is 11.0. The van der Waals surface area contributed by atoms with E-state index in [1.54, 1.807) is 0 Å². The molecule has 0 aliphatic carbocycles. The molecule has 0 bridgehead atoms. The first-order valence-electron chi connectivity index (χ1n) is 9.69. The Bertz CT molecular complexity index is 838. The Morgan fingerprint density at radius 1 is 1.00 bits per heavy atom. The molecule has 1 aliphatic rings. The van der Waals surface area contributed by atoms with Gasteiger partial charge in [0.1, 0.15) is 0 Å². The van der Waals surface area contributed by atoms with Crippen molar-refractivity contribution >= 4 is 23.1 Å². The minimum Gasteiger partial charge on any atom is -0.416 e. The fourth-order valence-corrected chi connectivity index (χ4v) is 3.82. The molecule has 1 fully saturated rings. The van der Waals surface area contributed by atoms with Crippen LogP contribution in [0.1, 0.15) is 30.7 Å². The average molecular weight is 437 g/mol. The Balaban J connectivity index is 1.43. The second-order valence-electron chi connectivity index (χ2n) is 6.89. The number of ether oxygens (including phenoxy) is 1. The molecule has 1 aromatic heterocycles. The van der Waals surface area contributed by atoms with Crippen LogP contribution in [0.5, 0.6) is 0 Å². The van der Waals surface area contributed by atoms with Crippen molar-refractivity contribution in [1.82, 2.24) is 15.1 Å². The van der Waals surface area contributed by atoms with E-state index in [2.05, 4.69) is 15.1 Å². The van der Waals surface area contributed by atoms with Gasteiger partial charge >= 0.3 is 0 Å².